The second-order valence-corrected chi connectivity index (χ2v) is 6.23. The standard InChI is InChI=1S/2C8H12N6O2.ClH/c2*9-6-5-7(13-8(10)12-6)14(3-11-5)4-16-2-1-15;/h2*3,15H,1-2,4H2,(H4,9,10,12,13);1H. The van der Waals surface area contributed by atoms with E-state index in [-0.39, 0.29) is 75.8 Å². The van der Waals surface area contributed by atoms with Crippen molar-refractivity contribution in [1.29, 1.82) is 0 Å². The molecular formula is C16H25ClN12O4. The summed E-state index contributed by atoms with van der Waals surface area (Å²) in [6, 6.07) is 0. The normalized spacial score (nSPS) is 10.7. The maximum absolute atomic E-state index is 8.58. The Morgan fingerprint density at radius 2 is 1.09 bits per heavy atom. The molecule has 4 aromatic heterocycles. The largest absolute Gasteiger partial charge is 0.394 e. The summed E-state index contributed by atoms with van der Waals surface area (Å²) in [6.07, 6.45) is 3.07. The van der Waals surface area contributed by atoms with E-state index in [0.717, 1.165) is 0 Å². The van der Waals surface area contributed by atoms with E-state index in [4.69, 9.17) is 42.6 Å². The van der Waals surface area contributed by atoms with Gasteiger partial charge in [0.05, 0.1) is 39.1 Å². The number of ether oxygens (including phenoxy) is 2. The minimum absolute atomic E-state index is 0. The van der Waals surface area contributed by atoms with E-state index in [2.05, 4.69) is 29.9 Å². The Labute approximate surface area is 193 Å². The van der Waals surface area contributed by atoms with Crippen molar-refractivity contribution in [3.63, 3.8) is 0 Å². The van der Waals surface area contributed by atoms with Crippen molar-refractivity contribution in [2.75, 3.05) is 49.4 Å². The molecular weight excluding hydrogens is 460 g/mol. The molecule has 0 aliphatic rings. The monoisotopic (exact) mass is 484 g/mol. The molecule has 4 aromatic rings. The van der Waals surface area contributed by atoms with E-state index < -0.39 is 0 Å². The Morgan fingerprint density at radius 3 is 1.45 bits per heavy atom. The number of nitrogens with two attached hydrogens (primary N) is 4. The van der Waals surface area contributed by atoms with Crippen molar-refractivity contribution in [3.05, 3.63) is 12.7 Å². The Kier molecular flexibility index (Phi) is 9.25. The van der Waals surface area contributed by atoms with Crippen LogP contribution in [0.1, 0.15) is 0 Å². The van der Waals surface area contributed by atoms with Gasteiger partial charge in [0.15, 0.2) is 22.9 Å². The molecule has 0 atom stereocenters. The lowest BCUT2D eigenvalue weighted by Gasteiger charge is -2.04. The zero-order chi connectivity index (χ0) is 23.1. The SMILES string of the molecule is Cl.Nc1nc(N)c2ncn(COCCO)c2n1.Nc1nc(N)c2ncn(COCCO)c2n1. The van der Waals surface area contributed by atoms with Crippen molar-refractivity contribution >= 4 is 58.3 Å². The molecule has 180 valence electrons. The lowest BCUT2D eigenvalue weighted by atomic mass is 10.5. The second kappa shape index (κ2) is 11.9. The Morgan fingerprint density at radius 1 is 0.697 bits per heavy atom. The van der Waals surface area contributed by atoms with Crippen molar-refractivity contribution in [2.45, 2.75) is 13.5 Å². The molecule has 10 N–H and O–H groups in total. The van der Waals surface area contributed by atoms with Crippen LogP contribution >= 0.6 is 12.4 Å². The number of hydrogen-bond acceptors (Lipinski definition) is 14. The fourth-order valence-corrected chi connectivity index (χ4v) is 2.61. The van der Waals surface area contributed by atoms with E-state index in [1.807, 2.05) is 0 Å². The zero-order valence-electron chi connectivity index (χ0n) is 17.4. The van der Waals surface area contributed by atoms with Gasteiger partial charge in [-0.3, -0.25) is 9.13 Å². The molecule has 0 saturated carbocycles. The van der Waals surface area contributed by atoms with E-state index in [9.17, 15) is 0 Å². The van der Waals surface area contributed by atoms with E-state index in [0.29, 0.717) is 22.3 Å². The fourth-order valence-electron chi connectivity index (χ4n) is 2.61. The lowest BCUT2D eigenvalue weighted by molar-refractivity contribution is 0.0499. The summed E-state index contributed by atoms with van der Waals surface area (Å²) in [7, 11) is 0. The molecule has 0 radical (unpaired) electrons. The smallest absolute Gasteiger partial charge is 0.224 e. The van der Waals surface area contributed by atoms with E-state index >= 15 is 0 Å². The topological polar surface area (TPSA) is 250 Å². The van der Waals surface area contributed by atoms with Crippen LogP contribution in [-0.4, -0.2) is 75.7 Å². The van der Waals surface area contributed by atoms with Gasteiger partial charge in [-0.2, -0.15) is 19.9 Å². The summed E-state index contributed by atoms with van der Waals surface area (Å²) in [6.45, 7) is 0.878. The molecule has 0 aromatic carbocycles. The molecule has 0 bridgehead atoms. The highest BCUT2D eigenvalue weighted by Gasteiger charge is 2.10. The third kappa shape index (κ3) is 6.24. The van der Waals surface area contributed by atoms with Crippen LogP contribution in [-0.2, 0) is 22.9 Å². The summed E-state index contributed by atoms with van der Waals surface area (Å²) < 4.78 is 13.6. The number of anilines is 4. The van der Waals surface area contributed by atoms with Gasteiger partial charge in [-0.05, 0) is 0 Å². The number of nitrogens with zero attached hydrogens (tertiary/aromatic N) is 8. The highest BCUT2D eigenvalue weighted by molar-refractivity contribution is 5.85. The first-order valence-corrected chi connectivity index (χ1v) is 9.29. The van der Waals surface area contributed by atoms with Crippen LogP contribution in [0.25, 0.3) is 22.3 Å². The predicted octanol–water partition coefficient (Wildman–Crippen LogP) is -1.66. The number of aromatic nitrogens is 8. The molecule has 4 rings (SSSR count). The molecule has 0 unspecified atom stereocenters. The van der Waals surface area contributed by atoms with Gasteiger partial charge in [-0.15, -0.1) is 12.4 Å². The number of fused-ring (bicyclic) bond motifs is 2. The number of nitrogen functional groups attached to an aromatic ring is 4. The summed E-state index contributed by atoms with van der Waals surface area (Å²) in [4.78, 5) is 23.7. The first-order valence-electron chi connectivity index (χ1n) is 9.29. The van der Waals surface area contributed by atoms with E-state index in [1.165, 1.54) is 12.7 Å². The van der Waals surface area contributed by atoms with Crippen molar-refractivity contribution < 1.29 is 19.7 Å². The quantitative estimate of drug-likeness (QED) is 0.153. The highest BCUT2D eigenvalue weighted by atomic mass is 35.5. The van der Waals surface area contributed by atoms with Gasteiger partial charge in [0.2, 0.25) is 11.9 Å². The summed E-state index contributed by atoms with van der Waals surface area (Å²) in [5, 5.41) is 17.2. The number of aliphatic hydroxyl groups is 2. The molecule has 16 nitrogen and oxygen atoms in total. The molecule has 17 heteroatoms. The minimum Gasteiger partial charge on any atom is -0.394 e. The Hall–Kier alpha value is -3.57. The van der Waals surface area contributed by atoms with Gasteiger partial charge in [0.25, 0.3) is 0 Å². The van der Waals surface area contributed by atoms with Crippen LogP contribution in [0.15, 0.2) is 12.7 Å². The summed E-state index contributed by atoms with van der Waals surface area (Å²) in [5.41, 5.74) is 24.3. The maximum atomic E-state index is 8.58. The third-order valence-electron chi connectivity index (χ3n) is 3.95. The zero-order valence-corrected chi connectivity index (χ0v) is 18.2. The molecule has 0 aliphatic heterocycles. The Balaban J connectivity index is 0.000000227. The number of imidazole rings is 2. The molecule has 33 heavy (non-hydrogen) atoms. The van der Waals surface area contributed by atoms with Crippen LogP contribution in [0, 0.1) is 0 Å². The van der Waals surface area contributed by atoms with Gasteiger partial charge in [-0.25, -0.2) is 9.97 Å². The van der Waals surface area contributed by atoms with Crippen LogP contribution in [0.3, 0.4) is 0 Å². The number of halogens is 1. The highest BCUT2D eigenvalue weighted by Crippen LogP contribution is 2.17. The van der Waals surface area contributed by atoms with Crippen LogP contribution in [0.4, 0.5) is 23.5 Å². The number of rotatable bonds is 8. The van der Waals surface area contributed by atoms with Gasteiger partial charge >= 0.3 is 0 Å². The van der Waals surface area contributed by atoms with E-state index in [1.54, 1.807) is 9.13 Å². The van der Waals surface area contributed by atoms with Gasteiger partial charge in [-0.1, -0.05) is 0 Å². The van der Waals surface area contributed by atoms with Crippen LogP contribution in [0.5, 0.6) is 0 Å². The lowest BCUT2D eigenvalue weighted by Crippen LogP contribution is -2.07. The van der Waals surface area contributed by atoms with Crippen molar-refractivity contribution in [1.82, 2.24) is 39.0 Å². The molecule has 4 heterocycles. The van der Waals surface area contributed by atoms with Crippen molar-refractivity contribution in [2.24, 2.45) is 0 Å². The maximum Gasteiger partial charge on any atom is 0.224 e. The van der Waals surface area contributed by atoms with Gasteiger partial charge < -0.3 is 42.6 Å². The second-order valence-electron chi connectivity index (χ2n) is 6.23. The summed E-state index contributed by atoms with van der Waals surface area (Å²) >= 11 is 0. The first-order chi connectivity index (χ1) is 15.4. The molecule has 0 spiro atoms. The number of aliphatic hydroxyl groups excluding tert-OH is 2. The predicted molar refractivity (Wildman–Crippen MR) is 122 cm³/mol. The summed E-state index contributed by atoms with van der Waals surface area (Å²) in [5.74, 6) is 0.662. The molecule has 0 saturated heterocycles. The average molecular weight is 485 g/mol. The molecule has 0 aliphatic carbocycles. The molecule has 0 amide bonds. The number of hydrogen-bond donors (Lipinski definition) is 6. The third-order valence-corrected chi connectivity index (χ3v) is 3.95. The Bertz CT molecular complexity index is 1090. The van der Waals surface area contributed by atoms with Gasteiger partial charge in [0, 0.05) is 0 Å². The average Bonchev–Trinajstić information content (AvgIpc) is 3.34. The van der Waals surface area contributed by atoms with Crippen LogP contribution < -0.4 is 22.9 Å². The fraction of sp³-hybridized carbons (Fsp3) is 0.375. The van der Waals surface area contributed by atoms with Crippen molar-refractivity contribution in [3.8, 4) is 0 Å². The van der Waals surface area contributed by atoms with Gasteiger partial charge in [0.1, 0.15) is 24.5 Å². The minimum atomic E-state index is -0.0358. The van der Waals surface area contributed by atoms with Crippen LogP contribution in [0.2, 0.25) is 0 Å². The first kappa shape index (κ1) is 25.7. The molecule has 0 fully saturated rings.